The molecule has 0 aliphatic heterocycles. The van der Waals surface area contributed by atoms with Crippen molar-refractivity contribution in [2.45, 2.75) is 76.3 Å². The van der Waals surface area contributed by atoms with E-state index in [4.69, 9.17) is 0 Å². The molecule has 0 amide bonds. The maximum atomic E-state index is 2.48. The van der Waals surface area contributed by atoms with Crippen LogP contribution < -0.4 is 0 Å². The molecule has 0 bridgehead atoms. The fraction of sp³-hybridized carbons (Fsp3) is 0.600. The second-order valence-electron chi connectivity index (χ2n) is 6.67. The summed E-state index contributed by atoms with van der Waals surface area (Å²) in [4.78, 5) is 0. The summed E-state index contributed by atoms with van der Waals surface area (Å²) in [6.07, 6.45) is 14.5. The molecule has 0 rings (SSSR count). The molecule has 22 heavy (non-hydrogen) atoms. The number of rotatable bonds is 10. The van der Waals surface area contributed by atoms with Crippen LogP contribution in [0.4, 0.5) is 0 Å². The van der Waals surface area contributed by atoms with Gasteiger partial charge in [-0.1, -0.05) is 34.4 Å². The minimum atomic E-state index is 0. The lowest BCUT2D eigenvalue weighted by molar-refractivity contribution is 0.961. The number of hydrogen-bond acceptors (Lipinski definition) is 0. The summed E-state index contributed by atoms with van der Waals surface area (Å²) in [6, 6.07) is 0. The molecule has 0 atom stereocenters. The van der Waals surface area contributed by atoms with Crippen LogP contribution in [0.2, 0.25) is 9.10 Å². The normalized spacial score (nSPS) is 11.4. The van der Waals surface area contributed by atoms with Gasteiger partial charge in [-0.15, -0.1) is 33.7 Å². The number of halogens is 1. The Kier molecular flexibility index (Phi) is 17.5. The molecule has 124 valence electrons. The third kappa shape index (κ3) is 18.1. The van der Waals surface area contributed by atoms with E-state index in [1.54, 1.807) is 11.1 Å². The van der Waals surface area contributed by atoms with Gasteiger partial charge in [0.05, 0.1) is 0 Å². The molecular weight excluding hydrogens is 300 g/mol. The van der Waals surface area contributed by atoms with Crippen LogP contribution in [0, 0.1) is 0 Å². The Morgan fingerprint density at radius 1 is 0.636 bits per heavy atom. The predicted octanol–water partition coefficient (Wildman–Crippen LogP) is 7.33. The van der Waals surface area contributed by atoms with E-state index in [1.165, 1.54) is 45.9 Å². The summed E-state index contributed by atoms with van der Waals surface area (Å²) in [5.74, 6) is 0. The SMILES string of the molecule is CC(C)=CCCC(C)=C[CH2][Mg][CH2]C=C(C)CCC=C(C)C.Cl. The van der Waals surface area contributed by atoms with E-state index in [9.17, 15) is 0 Å². The summed E-state index contributed by atoms with van der Waals surface area (Å²) >= 11 is 0.0643. The van der Waals surface area contributed by atoms with Crippen LogP contribution in [0.25, 0.3) is 0 Å². The summed E-state index contributed by atoms with van der Waals surface area (Å²) in [7, 11) is 0. The molecule has 0 heterocycles. The third-order valence-corrected chi connectivity index (χ3v) is 4.97. The lowest BCUT2D eigenvalue weighted by Crippen LogP contribution is -1.87. The lowest BCUT2D eigenvalue weighted by Gasteiger charge is -2.00. The molecule has 0 unspecified atom stereocenters. The average Bonchev–Trinajstić information content (AvgIpc) is 2.37. The van der Waals surface area contributed by atoms with Crippen LogP contribution in [-0.2, 0) is 0 Å². The van der Waals surface area contributed by atoms with E-state index in [0.29, 0.717) is 0 Å². The average molecular weight is 335 g/mol. The van der Waals surface area contributed by atoms with Crippen molar-refractivity contribution >= 4 is 32.8 Å². The molecule has 0 nitrogen and oxygen atoms in total. The first kappa shape index (κ1) is 24.3. The Bertz CT molecular complexity index is 354. The van der Waals surface area contributed by atoms with Crippen LogP contribution in [0.5, 0.6) is 0 Å². The molecule has 0 saturated heterocycles. The van der Waals surface area contributed by atoms with E-state index in [-0.39, 0.29) is 32.8 Å². The fourth-order valence-electron chi connectivity index (χ4n) is 2.20. The Labute approximate surface area is 155 Å². The first-order chi connectivity index (χ1) is 9.91. The van der Waals surface area contributed by atoms with Crippen LogP contribution >= 0.6 is 12.4 Å². The van der Waals surface area contributed by atoms with Gasteiger partial charge in [0.25, 0.3) is 0 Å². The first-order valence-corrected chi connectivity index (χ1v) is 10.5. The first-order valence-electron chi connectivity index (χ1n) is 8.49. The van der Waals surface area contributed by atoms with Gasteiger partial charge in [0, 0.05) is 0 Å². The second kappa shape index (κ2) is 15.9. The van der Waals surface area contributed by atoms with Crippen molar-refractivity contribution in [2.75, 3.05) is 0 Å². The van der Waals surface area contributed by atoms with E-state index >= 15 is 0 Å². The van der Waals surface area contributed by atoms with Gasteiger partial charge >= 0.3 is 20.4 Å². The van der Waals surface area contributed by atoms with Gasteiger partial charge in [0.2, 0.25) is 0 Å². The van der Waals surface area contributed by atoms with Gasteiger partial charge in [-0.25, -0.2) is 0 Å². The fourth-order valence-corrected chi connectivity index (χ4v) is 3.83. The highest BCUT2D eigenvalue weighted by Gasteiger charge is 1.94. The monoisotopic (exact) mass is 334 g/mol. The van der Waals surface area contributed by atoms with Crippen molar-refractivity contribution < 1.29 is 0 Å². The van der Waals surface area contributed by atoms with E-state index < -0.39 is 0 Å². The zero-order valence-corrected chi connectivity index (χ0v) is 17.9. The van der Waals surface area contributed by atoms with Crippen LogP contribution in [0.1, 0.15) is 67.2 Å². The van der Waals surface area contributed by atoms with Crippen LogP contribution in [-0.4, -0.2) is 20.4 Å². The quantitative estimate of drug-likeness (QED) is 0.223. The van der Waals surface area contributed by atoms with Crippen molar-refractivity contribution in [3.05, 3.63) is 46.6 Å². The maximum absolute atomic E-state index is 2.48. The molecule has 0 spiro atoms. The van der Waals surface area contributed by atoms with Crippen molar-refractivity contribution in [1.29, 1.82) is 0 Å². The molecule has 2 heteroatoms. The molecule has 0 saturated carbocycles. The molecule has 0 aliphatic carbocycles. The minimum Gasteiger partial charge on any atom is -0.147 e. The van der Waals surface area contributed by atoms with E-state index in [2.05, 4.69) is 65.8 Å². The number of hydrogen-bond donors (Lipinski definition) is 0. The largest absolute Gasteiger partial charge is 0.375 e. The summed E-state index contributed by atoms with van der Waals surface area (Å²) in [5.41, 5.74) is 6.02. The molecule has 0 aromatic heterocycles. The van der Waals surface area contributed by atoms with Gasteiger partial charge in [-0.2, -0.15) is 0 Å². The van der Waals surface area contributed by atoms with Crippen molar-refractivity contribution in [2.24, 2.45) is 0 Å². The Morgan fingerprint density at radius 3 is 1.32 bits per heavy atom. The van der Waals surface area contributed by atoms with Crippen molar-refractivity contribution in [3.8, 4) is 0 Å². The lowest BCUT2D eigenvalue weighted by atomic mass is 10.1. The standard InChI is InChI=1S/2C10H17.ClH.Mg/c2*1-5-10(4)8-6-7-9(2)3;;/h2*5,7H,1,6,8H2,2-4H3;1H;. The predicted molar refractivity (Wildman–Crippen MR) is 107 cm³/mol. The minimum absolute atomic E-state index is 0. The molecule has 0 radical (unpaired) electrons. The van der Waals surface area contributed by atoms with Crippen molar-refractivity contribution in [1.82, 2.24) is 0 Å². The highest BCUT2D eigenvalue weighted by atomic mass is 35.5. The summed E-state index contributed by atoms with van der Waals surface area (Å²) in [6.45, 7) is 13.3. The maximum Gasteiger partial charge on any atom is 0.375 e. The van der Waals surface area contributed by atoms with Crippen LogP contribution in [0.3, 0.4) is 0 Å². The molecular formula is C20H35ClMg. The molecule has 0 aromatic carbocycles. The van der Waals surface area contributed by atoms with Gasteiger partial charge in [-0.3, -0.25) is 0 Å². The van der Waals surface area contributed by atoms with Gasteiger partial charge in [0.15, 0.2) is 0 Å². The zero-order chi connectivity index (χ0) is 16.1. The van der Waals surface area contributed by atoms with Gasteiger partial charge in [0.1, 0.15) is 0 Å². The topological polar surface area (TPSA) is 0 Å². The van der Waals surface area contributed by atoms with Gasteiger partial charge < -0.3 is 0 Å². The smallest absolute Gasteiger partial charge is 0.147 e. The van der Waals surface area contributed by atoms with E-state index in [0.717, 1.165) is 0 Å². The van der Waals surface area contributed by atoms with Crippen LogP contribution in [0.15, 0.2) is 46.6 Å². The molecule has 0 aliphatic rings. The molecule has 0 fully saturated rings. The third-order valence-electron chi connectivity index (χ3n) is 3.58. The Balaban J connectivity index is 0. The number of allylic oxidation sites excluding steroid dienone is 8. The van der Waals surface area contributed by atoms with Crippen molar-refractivity contribution in [3.63, 3.8) is 0 Å². The second-order valence-corrected chi connectivity index (χ2v) is 8.53. The molecule has 0 aromatic rings. The molecule has 0 N–H and O–H groups in total. The van der Waals surface area contributed by atoms with Gasteiger partial charge in [-0.05, 0) is 67.2 Å². The Morgan fingerprint density at radius 2 is 1.00 bits per heavy atom. The zero-order valence-electron chi connectivity index (χ0n) is 15.7. The summed E-state index contributed by atoms with van der Waals surface area (Å²) < 4.78 is 2.72. The highest BCUT2D eigenvalue weighted by Crippen LogP contribution is 2.10. The van der Waals surface area contributed by atoms with E-state index in [1.807, 2.05) is 0 Å². The summed E-state index contributed by atoms with van der Waals surface area (Å²) in [5, 5.41) is 0. The highest BCUT2D eigenvalue weighted by molar-refractivity contribution is 6.36. The Hall–Kier alpha value is 0.0162.